The summed E-state index contributed by atoms with van der Waals surface area (Å²) in [5.74, 6) is 1.65. The lowest BCUT2D eigenvalue weighted by Crippen LogP contribution is -1.97. The molecule has 0 amide bonds. The maximum Gasteiger partial charge on any atom is 0.188 e. The van der Waals surface area contributed by atoms with Crippen LogP contribution in [0.25, 0.3) is 0 Å². The molecule has 0 radical (unpaired) electrons. The Labute approximate surface area is 107 Å². The van der Waals surface area contributed by atoms with Crippen molar-refractivity contribution in [1.29, 1.82) is 0 Å². The molecule has 0 saturated heterocycles. The fourth-order valence-corrected chi connectivity index (χ4v) is 2.30. The summed E-state index contributed by atoms with van der Waals surface area (Å²) in [6, 6.07) is 1.65. The first-order chi connectivity index (χ1) is 7.67. The Bertz CT molecular complexity index is 480. The largest absolute Gasteiger partial charge is 0.316 e. The molecule has 0 aliphatic heterocycles. The van der Waals surface area contributed by atoms with E-state index in [1.807, 2.05) is 5.38 Å². The van der Waals surface area contributed by atoms with Gasteiger partial charge in [0.25, 0.3) is 0 Å². The Morgan fingerprint density at radius 1 is 1.38 bits per heavy atom. The molecule has 2 rings (SSSR count). The monoisotopic (exact) mass is 274 g/mol. The number of aromatic nitrogens is 3. The van der Waals surface area contributed by atoms with E-state index in [4.69, 9.17) is 23.2 Å². The van der Waals surface area contributed by atoms with Crippen LogP contribution >= 0.6 is 34.5 Å². The van der Waals surface area contributed by atoms with Gasteiger partial charge in [-0.15, -0.1) is 22.9 Å². The van der Waals surface area contributed by atoms with Gasteiger partial charge in [-0.25, -0.2) is 15.0 Å². The number of hydrogen-bond acceptors (Lipinski definition) is 5. The second-order valence-corrected chi connectivity index (χ2v) is 4.54. The number of anilines is 2. The van der Waals surface area contributed by atoms with E-state index < -0.39 is 0 Å². The molecule has 0 saturated carbocycles. The molecule has 2 aromatic heterocycles. The van der Waals surface area contributed by atoms with Gasteiger partial charge in [-0.3, -0.25) is 0 Å². The standard InChI is InChI=1S/C9H8Cl2N4S/c1-5-12-7(11)2-8(13-5)15-9-14-6(3-10)4-16-9/h2,4H,3H2,1H3,(H,12,13,14,15). The van der Waals surface area contributed by atoms with Gasteiger partial charge in [0.05, 0.1) is 11.6 Å². The van der Waals surface area contributed by atoms with E-state index in [9.17, 15) is 0 Å². The van der Waals surface area contributed by atoms with Gasteiger partial charge in [0.15, 0.2) is 5.13 Å². The smallest absolute Gasteiger partial charge is 0.188 e. The van der Waals surface area contributed by atoms with E-state index in [1.165, 1.54) is 11.3 Å². The van der Waals surface area contributed by atoms with Crippen molar-refractivity contribution in [3.8, 4) is 0 Å². The summed E-state index contributed by atoms with van der Waals surface area (Å²) in [6.07, 6.45) is 0. The number of rotatable bonds is 3. The first-order valence-electron chi connectivity index (χ1n) is 4.46. The average Bonchev–Trinajstić information content (AvgIpc) is 2.64. The van der Waals surface area contributed by atoms with E-state index in [0.717, 1.165) is 10.8 Å². The zero-order chi connectivity index (χ0) is 11.5. The third kappa shape index (κ3) is 2.81. The van der Waals surface area contributed by atoms with Crippen molar-refractivity contribution in [1.82, 2.24) is 15.0 Å². The SMILES string of the molecule is Cc1nc(Cl)cc(Nc2nc(CCl)cs2)n1. The highest BCUT2D eigenvalue weighted by Crippen LogP contribution is 2.21. The molecular formula is C9H8Cl2N4S. The molecule has 16 heavy (non-hydrogen) atoms. The van der Waals surface area contributed by atoms with E-state index >= 15 is 0 Å². The molecule has 0 fully saturated rings. The van der Waals surface area contributed by atoms with Crippen LogP contribution in [0.2, 0.25) is 5.15 Å². The molecule has 0 spiro atoms. The van der Waals surface area contributed by atoms with E-state index in [0.29, 0.717) is 22.7 Å². The molecule has 0 unspecified atom stereocenters. The van der Waals surface area contributed by atoms with Gasteiger partial charge in [-0.05, 0) is 6.92 Å². The summed E-state index contributed by atoms with van der Waals surface area (Å²) in [7, 11) is 0. The number of nitrogens with one attached hydrogen (secondary N) is 1. The minimum absolute atomic E-state index is 0.405. The fourth-order valence-electron chi connectivity index (χ4n) is 1.13. The first-order valence-corrected chi connectivity index (χ1v) is 6.25. The summed E-state index contributed by atoms with van der Waals surface area (Å²) in [5.41, 5.74) is 0.839. The summed E-state index contributed by atoms with van der Waals surface area (Å²) >= 11 is 13.0. The van der Waals surface area contributed by atoms with Gasteiger partial charge in [-0.1, -0.05) is 11.6 Å². The molecular weight excluding hydrogens is 267 g/mol. The van der Waals surface area contributed by atoms with Crippen LogP contribution in [0.5, 0.6) is 0 Å². The van der Waals surface area contributed by atoms with Crippen LogP contribution < -0.4 is 5.32 Å². The second kappa shape index (κ2) is 4.95. The van der Waals surface area contributed by atoms with Crippen LogP contribution in [0.4, 0.5) is 10.9 Å². The van der Waals surface area contributed by atoms with Crippen LogP contribution in [0.15, 0.2) is 11.4 Å². The molecule has 0 aromatic carbocycles. The Morgan fingerprint density at radius 2 is 2.19 bits per heavy atom. The molecule has 1 N–H and O–H groups in total. The minimum Gasteiger partial charge on any atom is -0.316 e. The molecule has 0 aliphatic rings. The lowest BCUT2D eigenvalue weighted by atomic mass is 10.5. The summed E-state index contributed by atoms with van der Waals surface area (Å²) in [5, 5.41) is 6.09. The quantitative estimate of drug-likeness (QED) is 0.689. The number of nitrogens with zero attached hydrogens (tertiary/aromatic N) is 3. The number of thiazole rings is 1. The Kier molecular flexibility index (Phi) is 3.58. The summed E-state index contributed by atoms with van der Waals surface area (Å²) < 4.78 is 0. The number of hydrogen-bond donors (Lipinski definition) is 1. The lowest BCUT2D eigenvalue weighted by molar-refractivity contribution is 1.05. The highest BCUT2D eigenvalue weighted by Gasteiger charge is 2.04. The Morgan fingerprint density at radius 3 is 2.81 bits per heavy atom. The van der Waals surface area contributed by atoms with Crippen LogP contribution in [0, 0.1) is 6.92 Å². The zero-order valence-corrected chi connectivity index (χ0v) is 10.7. The van der Waals surface area contributed by atoms with Gasteiger partial charge in [0.2, 0.25) is 0 Å². The molecule has 2 aromatic rings. The molecule has 4 nitrogen and oxygen atoms in total. The highest BCUT2D eigenvalue weighted by atomic mass is 35.5. The van der Waals surface area contributed by atoms with Gasteiger partial charge in [0, 0.05) is 11.4 Å². The van der Waals surface area contributed by atoms with Gasteiger partial charge in [-0.2, -0.15) is 0 Å². The average molecular weight is 275 g/mol. The normalized spacial score (nSPS) is 10.4. The fraction of sp³-hybridized carbons (Fsp3) is 0.222. The van der Waals surface area contributed by atoms with Crippen LogP contribution in [0.1, 0.15) is 11.5 Å². The molecule has 84 valence electrons. The van der Waals surface area contributed by atoms with E-state index in [1.54, 1.807) is 13.0 Å². The van der Waals surface area contributed by atoms with Crippen molar-refractivity contribution in [3.63, 3.8) is 0 Å². The number of alkyl halides is 1. The molecule has 2 heterocycles. The predicted molar refractivity (Wildman–Crippen MR) is 66.7 cm³/mol. The van der Waals surface area contributed by atoms with Crippen LogP contribution in [-0.4, -0.2) is 15.0 Å². The summed E-state index contributed by atoms with van der Waals surface area (Å²) in [6.45, 7) is 1.78. The predicted octanol–water partition coefficient (Wildman–Crippen LogP) is 3.38. The molecule has 0 atom stereocenters. The van der Waals surface area contributed by atoms with Crippen molar-refractivity contribution < 1.29 is 0 Å². The molecule has 0 aliphatic carbocycles. The second-order valence-electron chi connectivity index (χ2n) is 3.03. The lowest BCUT2D eigenvalue weighted by Gasteiger charge is -2.02. The summed E-state index contributed by atoms with van der Waals surface area (Å²) in [4.78, 5) is 12.4. The van der Waals surface area contributed by atoms with Crippen LogP contribution in [-0.2, 0) is 5.88 Å². The Balaban J connectivity index is 2.19. The topological polar surface area (TPSA) is 50.7 Å². The minimum atomic E-state index is 0.405. The Hall–Kier alpha value is -0.910. The third-order valence-electron chi connectivity index (χ3n) is 1.73. The van der Waals surface area contributed by atoms with Crippen molar-refractivity contribution in [2.45, 2.75) is 12.8 Å². The van der Waals surface area contributed by atoms with E-state index in [2.05, 4.69) is 20.3 Å². The van der Waals surface area contributed by atoms with Crippen molar-refractivity contribution >= 4 is 45.5 Å². The molecule has 0 bridgehead atoms. The van der Waals surface area contributed by atoms with Gasteiger partial charge >= 0.3 is 0 Å². The van der Waals surface area contributed by atoms with Gasteiger partial charge in [0.1, 0.15) is 16.8 Å². The maximum atomic E-state index is 5.82. The zero-order valence-electron chi connectivity index (χ0n) is 8.37. The van der Waals surface area contributed by atoms with E-state index in [-0.39, 0.29) is 0 Å². The van der Waals surface area contributed by atoms with Crippen molar-refractivity contribution in [2.75, 3.05) is 5.32 Å². The van der Waals surface area contributed by atoms with Crippen LogP contribution in [0.3, 0.4) is 0 Å². The van der Waals surface area contributed by atoms with Gasteiger partial charge < -0.3 is 5.32 Å². The molecule has 7 heteroatoms. The van der Waals surface area contributed by atoms with Crippen molar-refractivity contribution in [2.24, 2.45) is 0 Å². The van der Waals surface area contributed by atoms with Crippen molar-refractivity contribution in [3.05, 3.63) is 28.1 Å². The third-order valence-corrected chi connectivity index (χ3v) is 3.00. The first kappa shape index (κ1) is 11.6. The number of halogens is 2. The number of aryl methyl sites for hydroxylation is 1. The highest BCUT2D eigenvalue weighted by molar-refractivity contribution is 7.13. The maximum absolute atomic E-state index is 5.82.